The van der Waals surface area contributed by atoms with Crippen molar-refractivity contribution in [3.8, 4) is 0 Å². The fraction of sp³-hybridized carbons (Fsp3) is 0.588. The molecule has 4 nitrogen and oxygen atoms in total. The number of aryl methyl sites for hydroxylation is 1. The van der Waals surface area contributed by atoms with E-state index >= 15 is 0 Å². The third kappa shape index (κ3) is 9.08. The summed E-state index contributed by atoms with van der Waals surface area (Å²) in [5.41, 5.74) is 1.38. The van der Waals surface area contributed by atoms with Crippen molar-refractivity contribution in [2.24, 2.45) is 4.99 Å². The summed E-state index contributed by atoms with van der Waals surface area (Å²) in [6.45, 7) is 8.31. The molecule has 1 rings (SSSR count). The van der Waals surface area contributed by atoms with Gasteiger partial charge in [0.05, 0.1) is 0 Å². The minimum Gasteiger partial charge on any atom is -0.382 e. The molecule has 21 heavy (non-hydrogen) atoms. The molecule has 0 amide bonds. The molecule has 0 unspecified atom stereocenters. The molecule has 0 atom stereocenters. The van der Waals surface area contributed by atoms with Gasteiger partial charge < -0.3 is 15.4 Å². The Morgan fingerprint density at radius 1 is 1.10 bits per heavy atom. The summed E-state index contributed by atoms with van der Waals surface area (Å²) < 4.78 is 5.32. The molecule has 0 radical (unpaired) electrons. The van der Waals surface area contributed by atoms with Crippen molar-refractivity contribution < 1.29 is 4.74 Å². The van der Waals surface area contributed by atoms with Crippen LogP contribution in [0.15, 0.2) is 35.3 Å². The summed E-state index contributed by atoms with van der Waals surface area (Å²) in [6.07, 6.45) is 3.15. The van der Waals surface area contributed by atoms with E-state index in [1.807, 2.05) is 6.92 Å². The molecule has 0 fully saturated rings. The van der Waals surface area contributed by atoms with E-state index in [-0.39, 0.29) is 0 Å². The molecule has 0 spiro atoms. The van der Waals surface area contributed by atoms with Gasteiger partial charge in [-0.3, -0.25) is 4.99 Å². The highest BCUT2D eigenvalue weighted by molar-refractivity contribution is 5.79. The van der Waals surface area contributed by atoms with Crippen molar-refractivity contribution in [3.63, 3.8) is 0 Å². The van der Waals surface area contributed by atoms with Gasteiger partial charge >= 0.3 is 0 Å². The number of hydrogen-bond donors (Lipinski definition) is 2. The van der Waals surface area contributed by atoms with Gasteiger partial charge in [-0.2, -0.15) is 0 Å². The Morgan fingerprint density at radius 3 is 2.62 bits per heavy atom. The van der Waals surface area contributed by atoms with Gasteiger partial charge in [0.2, 0.25) is 0 Å². The standard InChI is InChI=1S/C17H29N3O/c1-3-18-17(20-14-9-15-21-4-2)19-13-8-12-16-10-6-5-7-11-16/h5-7,10-11H,3-4,8-9,12-15H2,1-2H3,(H2,18,19,20). The van der Waals surface area contributed by atoms with E-state index in [0.717, 1.165) is 58.1 Å². The lowest BCUT2D eigenvalue weighted by Gasteiger charge is -2.11. The summed E-state index contributed by atoms with van der Waals surface area (Å²) in [7, 11) is 0. The van der Waals surface area contributed by atoms with Crippen LogP contribution in [0.1, 0.15) is 32.3 Å². The lowest BCUT2D eigenvalue weighted by atomic mass is 10.1. The van der Waals surface area contributed by atoms with Crippen LogP contribution in [0, 0.1) is 0 Å². The van der Waals surface area contributed by atoms with Crippen LogP contribution in [0.2, 0.25) is 0 Å². The van der Waals surface area contributed by atoms with Gasteiger partial charge in [-0.25, -0.2) is 0 Å². The average Bonchev–Trinajstić information content (AvgIpc) is 2.52. The molecule has 118 valence electrons. The molecule has 0 aliphatic carbocycles. The highest BCUT2D eigenvalue weighted by Gasteiger charge is 1.97. The summed E-state index contributed by atoms with van der Waals surface area (Å²) in [5, 5.41) is 6.61. The number of benzene rings is 1. The number of rotatable bonds is 10. The van der Waals surface area contributed by atoms with Gasteiger partial charge in [-0.1, -0.05) is 30.3 Å². The highest BCUT2D eigenvalue weighted by atomic mass is 16.5. The first kappa shape index (κ1) is 17.5. The van der Waals surface area contributed by atoms with Gasteiger partial charge in [0.25, 0.3) is 0 Å². The zero-order valence-corrected chi connectivity index (χ0v) is 13.4. The molecular weight excluding hydrogens is 262 g/mol. The van der Waals surface area contributed by atoms with Crippen LogP contribution in [-0.4, -0.2) is 38.8 Å². The van der Waals surface area contributed by atoms with E-state index in [1.54, 1.807) is 0 Å². The van der Waals surface area contributed by atoms with Crippen LogP contribution in [-0.2, 0) is 11.2 Å². The van der Waals surface area contributed by atoms with Gasteiger partial charge in [-0.05, 0) is 38.7 Å². The fourth-order valence-corrected chi connectivity index (χ4v) is 1.99. The Kier molecular flexibility index (Phi) is 10.2. The lowest BCUT2D eigenvalue weighted by Crippen LogP contribution is -2.38. The van der Waals surface area contributed by atoms with Gasteiger partial charge in [0, 0.05) is 32.8 Å². The van der Waals surface area contributed by atoms with Crippen LogP contribution in [0.25, 0.3) is 0 Å². The van der Waals surface area contributed by atoms with Crippen LogP contribution in [0.3, 0.4) is 0 Å². The second kappa shape index (κ2) is 12.2. The Bertz CT molecular complexity index is 379. The Labute approximate surface area is 129 Å². The third-order valence-electron chi connectivity index (χ3n) is 3.04. The van der Waals surface area contributed by atoms with Gasteiger partial charge in [0.1, 0.15) is 0 Å². The number of hydrogen-bond acceptors (Lipinski definition) is 2. The second-order valence-corrected chi connectivity index (χ2v) is 4.83. The Hall–Kier alpha value is -1.55. The zero-order chi connectivity index (χ0) is 15.2. The molecule has 0 saturated heterocycles. The van der Waals surface area contributed by atoms with Crippen molar-refractivity contribution >= 4 is 5.96 Å². The van der Waals surface area contributed by atoms with E-state index in [9.17, 15) is 0 Å². The van der Waals surface area contributed by atoms with Crippen molar-refractivity contribution in [1.82, 2.24) is 10.6 Å². The quantitative estimate of drug-likeness (QED) is 0.396. The molecule has 0 aliphatic heterocycles. The van der Waals surface area contributed by atoms with Crippen molar-refractivity contribution in [2.45, 2.75) is 33.1 Å². The van der Waals surface area contributed by atoms with E-state index < -0.39 is 0 Å². The average molecular weight is 291 g/mol. The van der Waals surface area contributed by atoms with Crippen LogP contribution in [0.5, 0.6) is 0 Å². The number of aliphatic imine (C=N–C) groups is 1. The summed E-state index contributed by atoms with van der Waals surface area (Å²) in [6, 6.07) is 10.6. The maximum absolute atomic E-state index is 5.32. The monoisotopic (exact) mass is 291 g/mol. The summed E-state index contributed by atoms with van der Waals surface area (Å²) in [5.74, 6) is 0.905. The first-order valence-electron chi connectivity index (χ1n) is 8.00. The van der Waals surface area contributed by atoms with Crippen molar-refractivity contribution in [3.05, 3.63) is 35.9 Å². The van der Waals surface area contributed by atoms with E-state index in [4.69, 9.17) is 4.74 Å². The number of guanidine groups is 1. The Morgan fingerprint density at radius 2 is 1.90 bits per heavy atom. The Balaban J connectivity index is 2.21. The predicted octanol–water partition coefficient (Wildman–Crippen LogP) is 2.60. The molecule has 1 aromatic carbocycles. The summed E-state index contributed by atoms with van der Waals surface area (Å²) >= 11 is 0. The third-order valence-corrected chi connectivity index (χ3v) is 3.04. The topological polar surface area (TPSA) is 45.7 Å². The first-order chi connectivity index (χ1) is 10.4. The van der Waals surface area contributed by atoms with E-state index in [0.29, 0.717) is 0 Å². The molecular formula is C17H29N3O. The molecule has 1 aromatic rings. The highest BCUT2D eigenvalue weighted by Crippen LogP contribution is 2.02. The molecule has 0 aliphatic rings. The largest absolute Gasteiger partial charge is 0.382 e. The number of ether oxygens (including phenoxy) is 1. The number of nitrogens with zero attached hydrogens (tertiary/aromatic N) is 1. The molecule has 0 saturated carbocycles. The molecule has 0 bridgehead atoms. The first-order valence-corrected chi connectivity index (χ1v) is 8.00. The van der Waals surface area contributed by atoms with Gasteiger partial charge in [-0.15, -0.1) is 0 Å². The maximum atomic E-state index is 5.32. The SMILES string of the molecule is CCNC(=NCCCc1ccccc1)NCCCOCC. The lowest BCUT2D eigenvalue weighted by molar-refractivity contribution is 0.145. The van der Waals surface area contributed by atoms with E-state index in [2.05, 4.69) is 52.9 Å². The number of nitrogens with one attached hydrogen (secondary N) is 2. The molecule has 0 aromatic heterocycles. The normalized spacial score (nSPS) is 11.4. The van der Waals surface area contributed by atoms with Gasteiger partial charge in [0.15, 0.2) is 5.96 Å². The van der Waals surface area contributed by atoms with Crippen LogP contribution in [0.4, 0.5) is 0 Å². The summed E-state index contributed by atoms with van der Waals surface area (Å²) in [4.78, 5) is 4.60. The van der Waals surface area contributed by atoms with Crippen molar-refractivity contribution in [2.75, 3.05) is 32.8 Å². The van der Waals surface area contributed by atoms with Crippen LogP contribution < -0.4 is 10.6 Å². The van der Waals surface area contributed by atoms with E-state index in [1.165, 1.54) is 5.56 Å². The van der Waals surface area contributed by atoms with Crippen LogP contribution >= 0.6 is 0 Å². The molecule has 2 N–H and O–H groups in total. The predicted molar refractivity (Wildman–Crippen MR) is 89.9 cm³/mol. The maximum Gasteiger partial charge on any atom is 0.191 e. The zero-order valence-electron chi connectivity index (χ0n) is 13.4. The van der Waals surface area contributed by atoms with Crippen molar-refractivity contribution in [1.29, 1.82) is 0 Å². The molecule has 0 heterocycles. The smallest absolute Gasteiger partial charge is 0.191 e. The molecule has 4 heteroatoms. The second-order valence-electron chi connectivity index (χ2n) is 4.83. The fourth-order valence-electron chi connectivity index (χ4n) is 1.99. The minimum absolute atomic E-state index is 0.785. The minimum atomic E-state index is 0.785.